The van der Waals surface area contributed by atoms with Crippen LogP contribution in [0.1, 0.15) is 0 Å². The molecule has 2 rings (SSSR count). The second kappa shape index (κ2) is 5.95. The van der Waals surface area contributed by atoms with E-state index >= 15 is 0 Å². The summed E-state index contributed by atoms with van der Waals surface area (Å²) in [6, 6.07) is 0. The third-order valence-electron chi connectivity index (χ3n) is 2.81. The Kier molecular flexibility index (Phi) is 4.44. The lowest BCUT2D eigenvalue weighted by molar-refractivity contribution is -0.392. The molecule has 10 nitrogen and oxygen atoms in total. The average molecular weight is 339 g/mol. The number of aromatic nitrogens is 2. The van der Waals surface area contributed by atoms with Crippen molar-refractivity contribution >= 4 is 31.5 Å². The Morgan fingerprint density at radius 3 is 2.57 bits per heavy atom. The lowest BCUT2D eigenvalue weighted by Crippen LogP contribution is -2.42. The third kappa shape index (κ3) is 3.68. The molecular weight excluding hydrogens is 328 g/mol. The first-order chi connectivity index (χ1) is 9.79. The van der Waals surface area contributed by atoms with Crippen molar-refractivity contribution in [2.24, 2.45) is 0 Å². The van der Waals surface area contributed by atoms with Crippen LogP contribution in [0.2, 0.25) is 0 Å². The smallest absolute Gasteiger partial charge is 0.378 e. The molecule has 0 aromatic carbocycles. The number of morpholine rings is 1. The molecule has 0 aliphatic carbocycles. The van der Waals surface area contributed by atoms with E-state index in [-0.39, 0.29) is 12.5 Å². The first kappa shape index (κ1) is 15.7. The number of amides is 1. The number of hydrogen-bond donors (Lipinski definition) is 0. The fourth-order valence-corrected chi connectivity index (χ4v) is 2.73. The summed E-state index contributed by atoms with van der Waals surface area (Å²) in [5.74, 6) is -1.24. The van der Waals surface area contributed by atoms with Gasteiger partial charge < -0.3 is 19.8 Å². The summed E-state index contributed by atoms with van der Waals surface area (Å²) in [6.45, 7) is 1.32. The van der Waals surface area contributed by atoms with E-state index in [1.54, 1.807) is 0 Å². The Bertz CT molecular complexity index is 666. The summed E-state index contributed by atoms with van der Waals surface area (Å²) >= 11 is 0. The van der Waals surface area contributed by atoms with Crippen LogP contribution < -0.4 is 0 Å². The predicted molar refractivity (Wildman–Crippen MR) is 69.3 cm³/mol. The van der Waals surface area contributed by atoms with Crippen LogP contribution in [-0.2, 0) is 25.1 Å². The molecule has 1 amide bonds. The number of rotatable bonds is 4. The molecule has 0 bridgehead atoms. The molecule has 1 aromatic rings. The number of carbonyl (C=O) groups is 1. The quantitative estimate of drug-likeness (QED) is 0.414. The van der Waals surface area contributed by atoms with E-state index in [1.165, 1.54) is 4.90 Å². The van der Waals surface area contributed by atoms with Crippen LogP contribution in [0.4, 0.5) is 5.82 Å². The Hall–Kier alpha value is -1.72. The van der Waals surface area contributed by atoms with Crippen LogP contribution in [0.25, 0.3) is 0 Å². The number of hydrogen-bond acceptors (Lipinski definition) is 7. The van der Waals surface area contributed by atoms with Gasteiger partial charge in [-0.05, 0) is 4.92 Å². The second-order valence-corrected chi connectivity index (χ2v) is 6.74. The van der Waals surface area contributed by atoms with Crippen molar-refractivity contribution in [3.63, 3.8) is 0 Å². The van der Waals surface area contributed by atoms with E-state index in [4.69, 9.17) is 15.4 Å². The molecule has 0 unspecified atom stereocenters. The summed E-state index contributed by atoms with van der Waals surface area (Å²) in [4.78, 5) is 22.5. The number of nitro groups is 1. The predicted octanol–water partition coefficient (Wildman–Crippen LogP) is -0.422. The van der Waals surface area contributed by atoms with Crippen LogP contribution in [0.15, 0.2) is 11.1 Å². The van der Waals surface area contributed by atoms with Gasteiger partial charge in [0.25, 0.3) is 9.05 Å². The minimum Gasteiger partial charge on any atom is -0.378 e. The Morgan fingerprint density at radius 1 is 1.48 bits per heavy atom. The monoisotopic (exact) mass is 338 g/mol. The van der Waals surface area contributed by atoms with Crippen LogP contribution in [0.3, 0.4) is 0 Å². The highest BCUT2D eigenvalue weighted by Crippen LogP contribution is 2.24. The van der Waals surface area contributed by atoms with Crippen LogP contribution >= 0.6 is 10.7 Å². The molecule has 1 fully saturated rings. The zero-order valence-corrected chi connectivity index (χ0v) is 12.2. The van der Waals surface area contributed by atoms with Crippen molar-refractivity contribution < 1.29 is 22.9 Å². The first-order valence-electron chi connectivity index (χ1n) is 5.81. The maximum absolute atomic E-state index is 12.0. The summed E-state index contributed by atoms with van der Waals surface area (Å²) in [6.07, 6.45) is 0.874. The fraction of sp³-hybridized carbons (Fsp3) is 0.556. The van der Waals surface area contributed by atoms with Crippen molar-refractivity contribution in [3.05, 3.63) is 16.3 Å². The van der Waals surface area contributed by atoms with Gasteiger partial charge in [-0.2, -0.15) is 4.68 Å². The normalized spacial score (nSPS) is 16.0. The van der Waals surface area contributed by atoms with E-state index in [9.17, 15) is 23.3 Å². The number of nitrogens with zero attached hydrogens (tertiary/aromatic N) is 4. The molecule has 0 radical (unpaired) electrons. The van der Waals surface area contributed by atoms with Gasteiger partial charge in [-0.25, -0.2) is 8.42 Å². The van der Waals surface area contributed by atoms with Gasteiger partial charge in [-0.3, -0.25) is 4.79 Å². The van der Waals surface area contributed by atoms with Gasteiger partial charge in [0, 0.05) is 23.8 Å². The number of carbonyl (C=O) groups excluding carboxylic acids is 1. The molecule has 0 spiro atoms. The van der Waals surface area contributed by atoms with E-state index in [2.05, 4.69) is 5.10 Å². The van der Waals surface area contributed by atoms with Crippen molar-refractivity contribution in [1.29, 1.82) is 0 Å². The summed E-state index contributed by atoms with van der Waals surface area (Å²) in [5.41, 5.74) is 0. The van der Waals surface area contributed by atoms with Gasteiger partial charge in [0.05, 0.1) is 24.5 Å². The maximum Gasteiger partial charge on any atom is 0.410 e. The molecular formula is C9H11ClN4O6S. The van der Waals surface area contributed by atoms with E-state index in [0.717, 1.165) is 10.9 Å². The van der Waals surface area contributed by atoms with Crippen LogP contribution in [-0.4, -0.2) is 60.2 Å². The zero-order chi connectivity index (χ0) is 15.6. The summed E-state index contributed by atoms with van der Waals surface area (Å²) in [5, 5.41) is 14.3. The van der Waals surface area contributed by atoms with E-state index < -0.39 is 24.7 Å². The standard InChI is InChI=1S/C9H11ClN4O6S/c10-21(18,19)7-5-13(11-9(7)14(16)17)6-8(15)12-1-3-20-4-2-12/h5H,1-4,6H2. The summed E-state index contributed by atoms with van der Waals surface area (Å²) in [7, 11) is 0.793. The maximum atomic E-state index is 12.0. The van der Waals surface area contributed by atoms with Crippen molar-refractivity contribution in [2.45, 2.75) is 11.4 Å². The molecule has 0 atom stereocenters. The minimum atomic E-state index is -4.32. The van der Waals surface area contributed by atoms with Crippen molar-refractivity contribution in [3.8, 4) is 0 Å². The van der Waals surface area contributed by atoms with Gasteiger partial charge in [0.2, 0.25) is 10.8 Å². The largest absolute Gasteiger partial charge is 0.410 e. The molecule has 1 aliphatic heterocycles. The molecule has 12 heteroatoms. The molecule has 0 saturated carbocycles. The van der Waals surface area contributed by atoms with Gasteiger partial charge >= 0.3 is 5.82 Å². The third-order valence-corrected chi connectivity index (χ3v) is 4.12. The Labute approximate surface area is 123 Å². The zero-order valence-electron chi connectivity index (χ0n) is 10.6. The summed E-state index contributed by atoms with van der Waals surface area (Å²) < 4.78 is 28.5. The van der Waals surface area contributed by atoms with Crippen molar-refractivity contribution in [1.82, 2.24) is 14.7 Å². The van der Waals surface area contributed by atoms with E-state index in [1.807, 2.05) is 0 Å². The minimum absolute atomic E-state index is 0.312. The van der Waals surface area contributed by atoms with Crippen molar-refractivity contribution in [2.75, 3.05) is 26.3 Å². The fourth-order valence-electron chi connectivity index (χ4n) is 1.82. The van der Waals surface area contributed by atoms with Gasteiger partial charge in [0.15, 0.2) is 0 Å². The molecule has 0 N–H and O–H groups in total. The highest BCUT2D eigenvalue weighted by atomic mass is 35.7. The average Bonchev–Trinajstić information content (AvgIpc) is 2.84. The van der Waals surface area contributed by atoms with Gasteiger partial charge in [0.1, 0.15) is 6.54 Å². The van der Waals surface area contributed by atoms with Gasteiger partial charge in [-0.15, -0.1) is 0 Å². The van der Waals surface area contributed by atoms with E-state index in [0.29, 0.717) is 26.3 Å². The highest BCUT2D eigenvalue weighted by molar-refractivity contribution is 8.13. The SMILES string of the molecule is O=C(Cn1cc(S(=O)(=O)Cl)c([N+](=O)[O-])n1)N1CCOCC1. The topological polar surface area (TPSA) is 125 Å². The molecule has 1 aromatic heterocycles. The van der Waals surface area contributed by atoms with Crippen LogP contribution in [0.5, 0.6) is 0 Å². The molecule has 116 valence electrons. The molecule has 1 saturated heterocycles. The Morgan fingerprint density at radius 2 is 2.10 bits per heavy atom. The molecule has 2 heterocycles. The second-order valence-electron chi connectivity index (χ2n) is 4.20. The molecule has 1 aliphatic rings. The van der Waals surface area contributed by atoms with Crippen LogP contribution in [0, 0.1) is 10.1 Å². The number of halogens is 1. The first-order valence-corrected chi connectivity index (χ1v) is 8.12. The number of ether oxygens (including phenoxy) is 1. The highest BCUT2D eigenvalue weighted by Gasteiger charge is 2.31. The molecule has 21 heavy (non-hydrogen) atoms. The lowest BCUT2D eigenvalue weighted by Gasteiger charge is -2.26. The lowest BCUT2D eigenvalue weighted by atomic mass is 10.4. The Balaban J connectivity index is 2.21. The van der Waals surface area contributed by atoms with Gasteiger partial charge in [-0.1, -0.05) is 0 Å².